The van der Waals surface area contributed by atoms with E-state index in [0.717, 1.165) is 49.7 Å². The van der Waals surface area contributed by atoms with Gasteiger partial charge in [0.1, 0.15) is 11.6 Å². The number of hydrogen-bond donors (Lipinski definition) is 2. The van der Waals surface area contributed by atoms with Crippen LogP contribution in [0.5, 0.6) is 0 Å². The topological polar surface area (TPSA) is 88.9 Å². The number of hydrogen-bond acceptors (Lipinski definition) is 4. The molecule has 1 aliphatic heterocycles. The molecule has 0 saturated heterocycles. The molecule has 7 nitrogen and oxygen atoms in total. The molecule has 2 N–H and O–H groups in total. The van der Waals surface area contributed by atoms with Crippen molar-refractivity contribution in [1.82, 2.24) is 20.1 Å². The number of rotatable bonds is 4. The number of nitrogens with zero attached hydrogens (tertiary/aromatic N) is 3. The Balaban J connectivity index is 1.51. The highest BCUT2D eigenvalue weighted by Crippen LogP contribution is 2.38. The molecule has 160 valence electrons. The van der Waals surface area contributed by atoms with Crippen LogP contribution in [-0.2, 0) is 22.6 Å². The summed E-state index contributed by atoms with van der Waals surface area (Å²) in [4.78, 5) is 28.2. The van der Waals surface area contributed by atoms with Gasteiger partial charge in [0.05, 0.1) is 12.4 Å². The first-order valence-electron chi connectivity index (χ1n) is 10.5. The SMILES string of the molecule is CC(=O)NC1CCC[C@@H](C(=O)Nc2cc(-c3cnn4c3CC(C)(C)C4)c(F)cn2)C1. The van der Waals surface area contributed by atoms with Crippen LogP contribution in [0.15, 0.2) is 18.5 Å². The van der Waals surface area contributed by atoms with Gasteiger partial charge < -0.3 is 10.6 Å². The molecule has 2 aliphatic rings. The van der Waals surface area contributed by atoms with E-state index < -0.39 is 5.82 Å². The second kappa shape index (κ2) is 7.81. The fraction of sp³-hybridized carbons (Fsp3) is 0.545. The molecule has 30 heavy (non-hydrogen) atoms. The van der Waals surface area contributed by atoms with E-state index in [1.165, 1.54) is 6.92 Å². The van der Waals surface area contributed by atoms with Crippen LogP contribution in [0.1, 0.15) is 52.1 Å². The first-order valence-corrected chi connectivity index (χ1v) is 10.5. The van der Waals surface area contributed by atoms with Gasteiger partial charge in [-0.1, -0.05) is 20.3 Å². The van der Waals surface area contributed by atoms with E-state index in [-0.39, 0.29) is 29.2 Å². The molecular weight excluding hydrogens is 385 g/mol. The van der Waals surface area contributed by atoms with Crippen LogP contribution in [0.25, 0.3) is 11.1 Å². The third-order valence-electron chi connectivity index (χ3n) is 6.02. The number of nitrogens with one attached hydrogen (secondary N) is 2. The minimum Gasteiger partial charge on any atom is -0.354 e. The number of fused-ring (bicyclic) bond motifs is 1. The third kappa shape index (κ3) is 4.22. The fourth-order valence-corrected chi connectivity index (χ4v) is 4.66. The smallest absolute Gasteiger partial charge is 0.228 e. The molecule has 2 amide bonds. The maximum Gasteiger partial charge on any atom is 0.228 e. The molecular formula is C22H28FN5O2. The molecule has 1 fully saturated rings. The maximum absolute atomic E-state index is 14.6. The van der Waals surface area contributed by atoms with Crippen LogP contribution in [0.3, 0.4) is 0 Å². The van der Waals surface area contributed by atoms with Gasteiger partial charge in [0.25, 0.3) is 0 Å². The molecule has 0 bridgehead atoms. The van der Waals surface area contributed by atoms with Crippen molar-refractivity contribution in [2.45, 2.75) is 65.5 Å². The number of pyridine rings is 1. The van der Waals surface area contributed by atoms with Gasteiger partial charge in [-0.3, -0.25) is 14.3 Å². The summed E-state index contributed by atoms with van der Waals surface area (Å²) < 4.78 is 16.5. The van der Waals surface area contributed by atoms with E-state index in [1.807, 2.05) is 4.68 Å². The molecule has 1 unspecified atom stereocenters. The lowest BCUT2D eigenvalue weighted by atomic mass is 9.85. The Kier molecular flexibility index (Phi) is 5.34. The summed E-state index contributed by atoms with van der Waals surface area (Å²) in [5.74, 6) is -0.529. The van der Waals surface area contributed by atoms with Crippen molar-refractivity contribution >= 4 is 17.6 Å². The maximum atomic E-state index is 14.6. The summed E-state index contributed by atoms with van der Waals surface area (Å²) in [7, 11) is 0. The lowest BCUT2D eigenvalue weighted by molar-refractivity contribution is -0.123. The predicted octanol–water partition coefficient (Wildman–Crippen LogP) is 3.30. The van der Waals surface area contributed by atoms with Crippen LogP contribution in [0, 0.1) is 17.2 Å². The number of anilines is 1. The average molecular weight is 413 g/mol. The molecule has 0 spiro atoms. The minimum atomic E-state index is -0.433. The number of carbonyl (C=O) groups excluding carboxylic acids is 2. The molecule has 2 aromatic heterocycles. The number of halogens is 1. The zero-order valence-corrected chi connectivity index (χ0v) is 17.7. The second-order valence-corrected chi connectivity index (χ2v) is 9.30. The molecule has 8 heteroatoms. The number of carbonyl (C=O) groups is 2. The minimum absolute atomic E-state index is 0.0158. The van der Waals surface area contributed by atoms with Gasteiger partial charge in [-0.25, -0.2) is 9.37 Å². The van der Waals surface area contributed by atoms with E-state index in [1.54, 1.807) is 12.3 Å². The van der Waals surface area contributed by atoms with Crippen molar-refractivity contribution in [3.63, 3.8) is 0 Å². The number of aromatic nitrogens is 3. The lowest BCUT2D eigenvalue weighted by Gasteiger charge is -2.28. The van der Waals surface area contributed by atoms with Gasteiger partial charge in [-0.2, -0.15) is 5.10 Å². The van der Waals surface area contributed by atoms with E-state index in [9.17, 15) is 14.0 Å². The van der Waals surface area contributed by atoms with Crippen molar-refractivity contribution in [2.75, 3.05) is 5.32 Å². The molecule has 1 aliphatic carbocycles. The van der Waals surface area contributed by atoms with Crippen LogP contribution in [-0.4, -0.2) is 32.6 Å². The summed E-state index contributed by atoms with van der Waals surface area (Å²) in [5, 5.41) is 10.2. The van der Waals surface area contributed by atoms with Crippen LogP contribution in [0.4, 0.5) is 10.2 Å². The predicted molar refractivity (Wildman–Crippen MR) is 111 cm³/mol. The van der Waals surface area contributed by atoms with Crippen molar-refractivity contribution in [1.29, 1.82) is 0 Å². The van der Waals surface area contributed by atoms with Crippen LogP contribution in [0.2, 0.25) is 0 Å². The van der Waals surface area contributed by atoms with Crippen molar-refractivity contribution in [3.05, 3.63) is 30.0 Å². The van der Waals surface area contributed by atoms with Crippen molar-refractivity contribution < 1.29 is 14.0 Å². The highest BCUT2D eigenvalue weighted by Gasteiger charge is 2.32. The standard InChI is InChI=1S/C22H28FN5O2/c1-13(29)26-15-6-4-5-14(7-15)21(30)27-20-8-16(18(23)11-24-20)17-10-25-28-12-22(2,3)9-19(17)28/h8,10-11,14-15H,4-7,9,12H2,1-3H3,(H,26,29)(H,24,27,30)/t14-,15?/m1/s1. The monoisotopic (exact) mass is 413 g/mol. The van der Waals surface area contributed by atoms with Gasteiger partial charge in [0.2, 0.25) is 11.8 Å². The Morgan fingerprint density at radius 2 is 2.03 bits per heavy atom. The van der Waals surface area contributed by atoms with E-state index in [2.05, 4.69) is 34.6 Å². The lowest BCUT2D eigenvalue weighted by Crippen LogP contribution is -2.40. The largest absolute Gasteiger partial charge is 0.354 e. The summed E-state index contributed by atoms with van der Waals surface area (Å²) >= 11 is 0. The molecule has 2 atom stereocenters. The Morgan fingerprint density at radius 3 is 2.80 bits per heavy atom. The molecule has 4 rings (SSSR count). The van der Waals surface area contributed by atoms with E-state index in [4.69, 9.17) is 0 Å². The molecule has 2 aromatic rings. The summed E-state index contributed by atoms with van der Waals surface area (Å²) in [6, 6.07) is 1.60. The molecule has 0 aromatic carbocycles. The third-order valence-corrected chi connectivity index (χ3v) is 6.02. The molecule has 0 radical (unpaired) electrons. The zero-order valence-electron chi connectivity index (χ0n) is 17.7. The van der Waals surface area contributed by atoms with Gasteiger partial charge in [0, 0.05) is 42.2 Å². The van der Waals surface area contributed by atoms with Gasteiger partial charge in [-0.05, 0) is 37.2 Å². The highest BCUT2D eigenvalue weighted by molar-refractivity contribution is 5.92. The Morgan fingerprint density at radius 1 is 1.23 bits per heavy atom. The summed E-state index contributed by atoms with van der Waals surface area (Å²) in [6.45, 7) is 6.62. The first kappa shape index (κ1) is 20.5. The zero-order chi connectivity index (χ0) is 21.5. The Bertz CT molecular complexity index is 984. The van der Waals surface area contributed by atoms with Crippen molar-refractivity contribution in [2.24, 2.45) is 11.3 Å². The second-order valence-electron chi connectivity index (χ2n) is 9.30. The van der Waals surface area contributed by atoms with Gasteiger partial charge in [-0.15, -0.1) is 0 Å². The number of amides is 2. The molecule has 3 heterocycles. The molecule has 1 saturated carbocycles. The van der Waals surface area contributed by atoms with Crippen LogP contribution >= 0.6 is 0 Å². The van der Waals surface area contributed by atoms with Gasteiger partial charge >= 0.3 is 0 Å². The Labute approximate surface area is 175 Å². The van der Waals surface area contributed by atoms with Crippen molar-refractivity contribution in [3.8, 4) is 11.1 Å². The average Bonchev–Trinajstić information content (AvgIpc) is 3.18. The summed E-state index contributed by atoms with van der Waals surface area (Å²) in [6.07, 6.45) is 6.78. The van der Waals surface area contributed by atoms with Crippen LogP contribution < -0.4 is 10.6 Å². The Hall–Kier alpha value is -2.77. The summed E-state index contributed by atoms with van der Waals surface area (Å²) in [5.41, 5.74) is 2.25. The quantitative estimate of drug-likeness (QED) is 0.805. The van der Waals surface area contributed by atoms with Gasteiger partial charge in [0.15, 0.2) is 0 Å². The normalized spacial score (nSPS) is 22.4. The first-order chi connectivity index (χ1) is 14.2. The van der Waals surface area contributed by atoms with E-state index >= 15 is 0 Å². The highest BCUT2D eigenvalue weighted by atomic mass is 19.1. The van der Waals surface area contributed by atoms with E-state index in [0.29, 0.717) is 17.8 Å². The fourth-order valence-electron chi connectivity index (χ4n) is 4.66.